The average Bonchev–Trinajstić information content (AvgIpc) is 3.32. The lowest BCUT2D eigenvalue weighted by molar-refractivity contribution is 0.0900. The number of ether oxygens (including phenoxy) is 1. The van der Waals surface area contributed by atoms with Gasteiger partial charge >= 0.3 is 0 Å². The van der Waals surface area contributed by atoms with Gasteiger partial charge in [-0.15, -0.1) is 11.3 Å². The lowest BCUT2D eigenvalue weighted by Gasteiger charge is -2.25. The van der Waals surface area contributed by atoms with E-state index in [1.165, 1.54) is 0 Å². The Morgan fingerprint density at radius 3 is 3.08 bits per heavy atom. The summed E-state index contributed by atoms with van der Waals surface area (Å²) >= 11 is 1.62. The van der Waals surface area contributed by atoms with Crippen molar-refractivity contribution in [2.45, 2.75) is 19.6 Å². The molecule has 4 rings (SSSR count). The Kier molecular flexibility index (Phi) is 4.73. The monoisotopic (exact) mass is 368 g/mol. The molecule has 6 nitrogen and oxygen atoms in total. The second kappa shape index (κ2) is 7.31. The molecule has 0 aliphatic carbocycles. The van der Waals surface area contributed by atoms with E-state index in [-0.39, 0.29) is 12.1 Å². The highest BCUT2D eigenvalue weighted by molar-refractivity contribution is 7.13. The molecule has 2 aromatic heterocycles. The van der Waals surface area contributed by atoms with Crippen molar-refractivity contribution in [1.82, 2.24) is 20.4 Å². The highest BCUT2D eigenvalue weighted by atomic mass is 32.1. The quantitative estimate of drug-likeness (QED) is 0.702. The zero-order chi connectivity index (χ0) is 17.9. The minimum Gasteiger partial charge on any atom is -0.494 e. The molecular weight excluding hydrogens is 348 g/mol. The molecule has 0 radical (unpaired) electrons. The Bertz CT molecular complexity index is 904. The van der Waals surface area contributed by atoms with Gasteiger partial charge in [-0.25, -0.2) is 4.68 Å². The van der Waals surface area contributed by atoms with E-state index in [1.54, 1.807) is 16.0 Å². The summed E-state index contributed by atoms with van der Waals surface area (Å²) in [6.45, 7) is 3.78. The van der Waals surface area contributed by atoms with Crippen molar-refractivity contribution >= 4 is 17.2 Å². The van der Waals surface area contributed by atoms with Gasteiger partial charge in [0.15, 0.2) is 0 Å². The SMILES string of the molecule is CCOc1cccc(CN[C@@H]2CNC(=O)c3cc(-c4cccs4)nn32)c1. The maximum absolute atomic E-state index is 12.2. The normalized spacial score (nSPS) is 16.2. The van der Waals surface area contributed by atoms with Crippen LogP contribution < -0.4 is 15.4 Å². The maximum atomic E-state index is 12.2. The molecule has 3 aromatic rings. The molecule has 1 aromatic carbocycles. The first-order valence-corrected chi connectivity index (χ1v) is 9.49. The molecule has 0 fully saturated rings. The summed E-state index contributed by atoms with van der Waals surface area (Å²) in [7, 11) is 0. The first-order valence-electron chi connectivity index (χ1n) is 8.61. The molecule has 0 saturated heterocycles. The van der Waals surface area contributed by atoms with Crippen LogP contribution in [0.15, 0.2) is 47.8 Å². The molecule has 1 amide bonds. The van der Waals surface area contributed by atoms with Crippen molar-refractivity contribution in [3.63, 3.8) is 0 Å². The summed E-state index contributed by atoms with van der Waals surface area (Å²) in [4.78, 5) is 13.3. The van der Waals surface area contributed by atoms with Crippen LogP contribution in [-0.4, -0.2) is 28.8 Å². The second-order valence-corrected chi connectivity index (χ2v) is 6.97. The molecule has 2 N–H and O–H groups in total. The van der Waals surface area contributed by atoms with E-state index in [0.29, 0.717) is 25.4 Å². The minimum absolute atomic E-state index is 0.0864. The molecule has 0 spiro atoms. The van der Waals surface area contributed by atoms with E-state index in [0.717, 1.165) is 21.9 Å². The number of carbonyl (C=O) groups is 1. The van der Waals surface area contributed by atoms with Crippen LogP contribution in [-0.2, 0) is 6.54 Å². The van der Waals surface area contributed by atoms with E-state index < -0.39 is 0 Å². The van der Waals surface area contributed by atoms with E-state index >= 15 is 0 Å². The van der Waals surface area contributed by atoms with Crippen LogP contribution >= 0.6 is 11.3 Å². The van der Waals surface area contributed by atoms with Gasteiger partial charge in [0, 0.05) is 6.54 Å². The maximum Gasteiger partial charge on any atom is 0.269 e. The van der Waals surface area contributed by atoms with Crippen LogP contribution in [0.1, 0.15) is 29.1 Å². The summed E-state index contributed by atoms with van der Waals surface area (Å²) < 4.78 is 7.34. The Labute approximate surface area is 155 Å². The van der Waals surface area contributed by atoms with Gasteiger partial charge in [0.05, 0.1) is 18.0 Å². The van der Waals surface area contributed by atoms with Crippen LogP contribution in [0.3, 0.4) is 0 Å². The number of aromatic nitrogens is 2. The number of hydrogen-bond acceptors (Lipinski definition) is 5. The molecule has 0 unspecified atom stereocenters. The van der Waals surface area contributed by atoms with Crippen LogP contribution in [0.25, 0.3) is 10.6 Å². The molecule has 7 heteroatoms. The van der Waals surface area contributed by atoms with Gasteiger partial charge in [0.1, 0.15) is 23.3 Å². The first-order chi connectivity index (χ1) is 12.7. The summed E-state index contributed by atoms with van der Waals surface area (Å²) in [5.74, 6) is 0.778. The van der Waals surface area contributed by atoms with Crippen molar-refractivity contribution < 1.29 is 9.53 Å². The Morgan fingerprint density at radius 2 is 2.27 bits per heavy atom. The average molecular weight is 368 g/mol. The number of carbonyl (C=O) groups excluding carboxylic acids is 1. The fraction of sp³-hybridized carbons (Fsp3) is 0.263. The molecule has 134 valence electrons. The summed E-state index contributed by atoms with van der Waals surface area (Å²) in [6.07, 6.45) is -0.0906. The van der Waals surface area contributed by atoms with Crippen LogP contribution in [0.2, 0.25) is 0 Å². The zero-order valence-corrected chi connectivity index (χ0v) is 15.3. The Balaban J connectivity index is 1.53. The fourth-order valence-electron chi connectivity index (χ4n) is 3.02. The van der Waals surface area contributed by atoms with Gasteiger partial charge in [-0.1, -0.05) is 18.2 Å². The van der Waals surface area contributed by atoms with Gasteiger partial charge in [-0.2, -0.15) is 5.10 Å². The number of rotatable bonds is 6. The molecule has 3 heterocycles. The lowest BCUT2D eigenvalue weighted by atomic mass is 10.2. The highest BCUT2D eigenvalue weighted by Gasteiger charge is 2.27. The number of hydrogen-bond donors (Lipinski definition) is 2. The number of nitrogens with zero attached hydrogens (tertiary/aromatic N) is 2. The second-order valence-electron chi connectivity index (χ2n) is 6.02. The molecule has 26 heavy (non-hydrogen) atoms. The third-order valence-corrected chi connectivity index (χ3v) is 5.14. The largest absolute Gasteiger partial charge is 0.494 e. The van der Waals surface area contributed by atoms with Crippen LogP contribution in [0, 0.1) is 0 Å². The number of benzene rings is 1. The summed E-state index contributed by atoms with van der Waals surface area (Å²) in [5.41, 5.74) is 2.54. The topological polar surface area (TPSA) is 68.2 Å². The van der Waals surface area contributed by atoms with Gasteiger partial charge in [-0.05, 0) is 42.1 Å². The molecule has 1 aliphatic rings. The van der Waals surface area contributed by atoms with E-state index in [4.69, 9.17) is 4.74 Å². The lowest BCUT2D eigenvalue weighted by Crippen LogP contribution is -2.45. The van der Waals surface area contributed by atoms with Gasteiger partial charge in [0.2, 0.25) is 0 Å². The summed E-state index contributed by atoms with van der Waals surface area (Å²) in [6, 6.07) is 13.9. The van der Waals surface area contributed by atoms with Crippen LogP contribution in [0.4, 0.5) is 0 Å². The molecular formula is C19H20N4O2S. The number of nitrogens with one attached hydrogen (secondary N) is 2. The molecule has 0 saturated carbocycles. The van der Waals surface area contributed by atoms with E-state index in [1.807, 2.05) is 48.7 Å². The van der Waals surface area contributed by atoms with Crippen molar-refractivity contribution in [1.29, 1.82) is 0 Å². The summed E-state index contributed by atoms with van der Waals surface area (Å²) in [5, 5.41) is 13.1. The third-order valence-electron chi connectivity index (χ3n) is 4.24. The predicted molar refractivity (Wildman–Crippen MR) is 101 cm³/mol. The minimum atomic E-state index is -0.0906. The van der Waals surface area contributed by atoms with Gasteiger partial charge in [0.25, 0.3) is 5.91 Å². The van der Waals surface area contributed by atoms with Crippen molar-refractivity contribution in [3.05, 3.63) is 59.1 Å². The highest BCUT2D eigenvalue weighted by Crippen LogP contribution is 2.26. The molecule has 1 atom stereocenters. The smallest absolute Gasteiger partial charge is 0.269 e. The standard InChI is InChI=1S/C19H20N4O2S/c1-2-25-14-6-3-5-13(9-14)11-20-18-12-21-19(24)16-10-15(22-23(16)18)17-7-4-8-26-17/h3-10,18,20H,2,11-12H2,1H3,(H,21,24)/t18-/m0/s1. The Morgan fingerprint density at radius 1 is 1.35 bits per heavy atom. The first kappa shape index (κ1) is 16.8. The van der Waals surface area contributed by atoms with E-state index in [9.17, 15) is 4.79 Å². The fourth-order valence-corrected chi connectivity index (χ4v) is 3.70. The van der Waals surface area contributed by atoms with Crippen molar-refractivity contribution in [2.24, 2.45) is 0 Å². The van der Waals surface area contributed by atoms with Crippen molar-refractivity contribution in [3.8, 4) is 16.3 Å². The van der Waals surface area contributed by atoms with Gasteiger partial charge < -0.3 is 10.1 Å². The number of thiophene rings is 1. The van der Waals surface area contributed by atoms with Gasteiger partial charge in [-0.3, -0.25) is 10.1 Å². The Hall–Kier alpha value is -2.64. The zero-order valence-electron chi connectivity index (χ0n) is 14.4. The van der Waals surface area contributed by atoms with Crippen LogP contribution in [0.5, 0.6) is 5.75 Å². The number of fused-ring (bicyclic) bond motifs is 1. The molecule has 0 bridgehead atoms. The number of amides is 1. The van der Waals surface area contributed by atoms with Crippen molar-refractivity contribution in [2.75, 3.05) is 13.2 Å². The van der Waals surface area contributed by atoms with E-state index in [2.05, 4.69) is 21.8 Å². The third kappa shape index (κ3) is 3.36. The predicted octanol–water partition coefficient (Wildman–Crippen LogP) is 3.04. The molecule has 1 aliphatic heterocycles.